The zero-order chi connectivity index (χ0) is 17.3. The number of rotatable bonds is 4. The Morgan fingerprint density at radius 1 is 1.17 bits per heavy atom. The zero-order valence-electron chi connectivity index (χ0n) is 13.7. The summed E-state index contributed by atoms with van der Waals surface area (Å²) in [7, 11) is 0. The summed E-state index contributed by atoms with van der Waals surface area (Å²) in [6, 6.07) is 6.86. The van der Waals surface area contributed by atoms with E-state index in [2.05, 4.69) is 5.32 Å². The lowest BCUT2D eigenvalue weighted by atomic mass is 9.90. The number of amides is 2. The molecule has 1 saturated carbocycles. The summed E-state index contributed by atoms with van der Waals surface area (Å²) in [5.74, 6) is -1.31. The maximum absolute atomic E-state index is 12.7. The molecule has 1 aliphatic heterocycles. The molecule has 0 spiro atoms. The van der Waals surface area contributed by atoms with Crippen LogP contribution in [0, 0.1) is 17.8 Å². The number of nitrogens with zero attached hydrogens (tertiary/aromatic N) is 1. The number of carbonyl (C=O) groups excluding carboxylic acids is 2. The van der Waals surface area contributed by atoms with E-state index in [1.165, 1.54) is 0 Å². The van der Waals surface area contributed by atoms with Crippen LogP contribution < -0.4 is 5.32 Å². The van der Waals surface area contributed by atoms with Crippen molar-refractivity contribution in [3.8, 4) is 0 Å². The topological polar surface area (TPSA) is 86.7 Å². The number of carboxylic acids is 1. The first-order chi connectivity index (χ1) is 11.4. The molecule has 2 unspecified atom stereocenters. The van der Waals surface area contributed by atoms with Gasteiger partial charge >= 0.3 is 5.97 Å². The van der Waals surface area contributed by atoms with Crippen molar-refractivity contribution in [1.29, 1.82) is 0 Å². The number of benzene rings is 1. The van der Waals surface area contributed by atoms with E-state index in [-0.39, 0.29) is 30.2 Å². The largest absolute Gasteiger partial charge is 0.481 e. The van der Waals surface area contributed by atoms with E-state index in [1.807, 2.05) is 6.92 Å². The molecule has 0 aromatic heterocycles. The van der Waals surface area contributed by atoms with Crippen molar-refractivity contribution < 1.29 is 19.5 Å². The standard InChI is InChI=1S/C18H22N2O4/c1-11-7-14(18(23)24)10-20(9-11)17(22)13-3-2-4-15(8-13)19-16(21)12-5-6-12/h2-4,8,11-12,14H,5-7,9-10H2,1H3,(H,19,21)(H,23,24). The van der Waals surface area contributed by atoms with Gasteiger partial charge in [-0.2, -0.15) is 0 Å². The van der Waals surface area contributed by atoms with Gasteiger partial charge in [-0.3, -0.25) is 14.4 Å². The van der Waals surface area contributed by atoms with Crippen LogP contribution in [0.1, 0.15) is 36.5 Å². The summed E-state index contributed by atoms with van der Waals surface area (Å²) in [4.78, 5) is 37.4. The van der Waals surface area contributed by atoms with Crippen LogP contribution in [-0.4, -0.2) is 40.9 Å². The Balaban J connectivity index is 1.71. The predicted molar refractivity (Wildman–Crippen MR) is 88.6 cm³/mol. The second-order valence-corrected chi connectivity index (χ2v) is 6.93. The Bertz CT molecular complexity index is 669. The third-order valence-electron chi connectivity index (χ3n) is 4.62. The molecule has 1 aliphatic carbocycles. The van der Waals surface area contributed by atoms with Gasteiger partial charge in [-0.15, -0.1) is 0 Å². The molecule has 1 saturated heterocycles. The van der Waals surface area contributed by atoms with Gasteiger partial charge in [0.1, 0.15) is 0 Å². The summed E-state index contributed by atoms with van der Waals surface area (Å²) in [5, 5.41) is 12.1. The third-order valence-corrected chi connectivity index (χ3v) is 4.62. The van der Waals surface area contributed by atoms with Crippen LogP contribution >= 0.6 is 0 Å². The summed E-state index contributed by atoms with van der Waals surface area (Å²) >= 11 is 0. The number of hydrogen-bond acceptors (Lipinski definition) is 3. The van der Waals surface area contributed by atoms with Gasteiger partial charge in [0.2, 0.25) is 5.91 Å². The minimum absolute atomic E-state index is 0.00265. The van der Waals surface area contributed by atoms with E-state index < -0.39 is 11.9 Å². The highest BCUT2D eigenvalue weighted by molar-refractivity contribution is 5.98. The van der Waals surface area contributed by atoms with Crippen molar-refractivity contribution in [3.05, 3.63) is 29.8 Å². The molecule has 1 aromatic carbocycles. The Hall–Kier alpha value is -2.37. The van der Waals surface area contributed by atoms with Crippen molar-refractivity contribution in [2.45, 2.75) is 26.2 Å². The first kappa shape index (κ1) is 16.5. The van der Waals surface area contributed by atoms with E-state index in [1.54, 1.807) is 29.2 Å². The van der Waals surface area contributed by atoms with Gasteiger partial charge in [-0.25, -0.2) is 0 Å². The van der Waals surface area contributed by atoms with E-state index in [0.717, 1.165) is 12.8 Å². The first-order valence-corrected chi connectivity index (χ1v) is 8.37. The highest BCUT2D eigenvalue weighted by Gasteiger charge is 2.32. The smallest absolute Gasteiger partial charge is 0.308 e. The molecule has 3 rings (SSSR count). The lowest BCUT2D eigenvalue weighted by Crippen LogP contribution is -2.45. The van der Waals surface area contributed by atoms with Gasteiger partial charge in [0, 0.05) is 30.3 Å². The van der Waals surface area contributed by atoms with Gasteiger partial charge in [0.25, 0.3) is 5.91 Å². The van der Waals surface area contributed by atoms with Gasteiger partial charge in [-0.1, -0.05) is 13.0 Å². The third kappa shape index (κ3) is 3.75. The van der Waals surface area contributed by atoms with Crippen LogP contribution in [0.15, 0.2) is 24.3 Å². The van der Waals surface area contributed by atoms with Crippen molar-refractivity contribution in [2.24, 2.45) is 17.8 Å². The second-order valence-electron chi connectivity index (χ2n) is 6.93. The molecule has 6 nitrogen and oxygen atoms in total. The Labute approximate surface area is 140 Å². The summed E-state index contributed by atoms with van der Waals surface area (Å²) in [5.41, 5.74) is 1.08. The minimum Gasteiger partial charge on any atom is -0.481 e. The lowest BCUT2D eigenvalue weighted by Gasteiger charge is -2.34. The average molecular weight is 330 g/mol. The molecule has 2 N–H and O–H groups in total. The molecule has 2 amide bonds. The van der Waals surface area contributed by atoms with Crippen LogP contribution in [0.25, 0.3) is 0 Å². The SMILES string of the molecule is CC1CC(C(=O)O)CN(C(=O)c2cccc(NC(=O)C3CC3)c2)C1. The zero-order valence-corrected chi connectivity index (χ0v) is 13.7. The number of piperidine rings is 1. The molecule has 2 fully saturated rings. The van der Waals surface area contributed by atoms with E-state index in [9.17, 15) is 19.5 Å². The lowest BCUT2D eigenvalue weighted by molar-refractivity contribution is -0.143. The Morgan fingerprint density at radius 3 is 2.58 bits per heavy atom. The van der Waals surface area contributed by atoms with Crippen LogP contribution in [0.2, 0.25) is 0 Å². The molecule has 0 bridgehead atoms. The van der Waals surface area contributed by atoms with Crippen molar-refractivity contribution >= 4 is 23.5 Å². The normalized spacial score (nSPS) is 23.6. The number of hydrogen-bond donors (Lipinski definition) is 2. The Kier molecular flexibility index (Phi) is 4.55. The van der Waals surface area contributed by atoms with Crippen molar-refractivity contribution in [1.82, 2.24) is 4.90 Å². The fraction of sp³-hybridized carbons (Fsp3) is 0.500. The number of nitrogens with one attached hydrogen (secondary N) is 1. The highest BCUT2D eigenvalue weighted by atomic mass is 16.4. The number of likely N-dealkylation sites (tertiary alicyclic amines) is 1. The highest BCUT2D eigenvalue weighted by Crippen LogP contribution is 2.30. The van der Waals surface area contributed by atoms with E-state index in [4.69, 9.17) is 0 Å². The van der Waals surface area contributed by atoms with Crippen molar-refractivity contribution in [3.63, 3.8) is 0 Å². The van der Waals surface area contributed by atoms with Gasteiger partial charge in [0.05, 0.1) is 5.92 Å². The van der Waals surface area contributed by atoms with Gasteiger partial charge in [-0.05, 0) is 43.4 Å². The molecule has 128 valence electrons. The van der Waals surface area contributed by atoms with Crippen LogP contribution in [0.5, 0.6) is 0 Å². The summed E-state index contributed by atoms with van der Waals surface area (Å²) in [6.45, 7) is 2.75. The quantitative estimate of drug-likeness (QED) is 0.886. The molecule has 0 radical (unpaired) electrons. The minimum atomic E-state index is -0.857. The monoisotopic (exact) mass is 330 g/mol. The fourth-order valence-electron chi connectivity index (χ4n) is 3.20. The number of anilines is 1. The first-order valence-electron chi connectivity index (χ1n) is 8.37. The fourth-order valence-corrected chi connectivity index (χ4v) is 3.20. The van der Waals surface area contributed by atoms with E-state index in [0.29, 0.717) is 24.2 Å². The molecule has 24 heavy (non-hydrogen) atoms. The van der Waals surface area contributed by atoms with E-state index >= 15 is 0 Å². The molecule has 6 heteroatoms. The molecule has 2 aliphatic rings. The summed E-state index contributed by atoms with van der Waals surface area (Å²) in [6.07, 6.45) is 2.44. The van der Waals surface area contributed by atoms with Crippen molar-refractivity contribution in [2.75, 3.05) is 18.4 Å². The molecular formula is C18H22N2O4. The number of carboxylic acid groups (broad SMARTS) is 1. The van der Waals surface area contributed by atoms with Crippen LogP contribution in [-0.2, 0) is 9.59 Å². The molecule has 2 atom stereocenters. The van der Waals surface area contributed by atoms with Crippen LogP contribution in [0.3, 0.4) is 0 Å². The van der Waals surface area contributed by atoms with Gasteiger partial charge in [0.15, 0.2) is 0 Å². The second kappa shape index (κ2) is 6.63. The average Bonchev–Trinajstić information content (AvgIpc) is 3.38. The van der Waals surface area contributed by atoms with Crippen LogP contribution in [0.4, 0.5) is 5.69 Å². The maximum atomic E-state index is 12.7. The summed E-state index contributed by atoms with van der Waals surface area (Å²) < 4.78 is 0. The number of aliphatic carboxylic acids is 1. The molecule has 1 heterocycles. The Morgan fingerprint density at radius 2 is 1.92 bits per heavy atom. The van der Waals surface area contributed by atoms with Gasteiger partial charge < -0.3 is 15.3 Å². The molecule has 1 aromatic rings. The molecular weight excluding hydrogens is 308 g/mol. The number of carbonyl (C=O) groups is 3. The predicted octanol–water partition coefficient (Wildman–Crippen LogP) is 2.22. The maximum Gasteiger partial charge on any atom is 0.308 e.